The fourth-order valence-electron chi connectivity index (χ4n) is 1.90. The molecule has 1 aliphatic rings. The van der Waals surface area contributed by atoms with Gasteiger partial charge in [-0.05, 0) is 18.1 Å². The van der Waals surface area contributed by atoms with Crippen LogP contribution in [0.3, 0.4) is 0 Å². The smallest absolute Gasteiger partial charge is 0.180 e. The zero-order valence-corrected chi connectivity index (χ0v) is 9.80. The number of ether oxygens (including phenoxy) is 2. The second kappa shape index (κ2) is 4.63. The van der Waals surface area contributed by atoms with Gasteiger partial charge in [-0.15, -0.1) is 0 Å². The van der Waals surface area contributed by atoms with Crippen LogP contribution in [0, 0.1) is 11.3 Å². The van der Waals surface area contributed by atoms with Gasteiger partial charge < -0.3 is 9.47 Å². The summed E-state index contributed by atoms with van der Waals surface area (Å²) in [5, 5.41) is 9.29. The van der Waals surface area contributed by atoms with Gasteiger partial charge in [-0.3, -0.25) is 0 Å². The third kappa shape index (κ3) is 1.81. The summed E-state index contributed by atoms with van der Waals surface area (Å²) in [6, 6.07) is 3.94. The molecule has 1 aromatic rings. The van der Waals surface area contributed by atoms with Crippen LogP contribution in [0.1, 0.15) is 18.1 Å². The number of rotatable bonds is 2. The fraction of sp³-hybridized carbons (Fsp3) is 0.417. The minimum Gasteiger partial charge on any atom is -0.486 e. The standard InChI is InChI=1S/C12H12ClNO2/c1-2-9-8(3-4-14)7-10(13)12-11(9)15-5-6-16-12/h7H,2-3,5-6H2,1H3. The highest BCUT2D eigenvalue weighted by Crippen LogP contribution is 2.42. The Morgan fingerprint density at radius 3 is 2.69 bits per heavy atom. The molecule has 3 nitrogen and oxygen atoms in total. The molecule has 16 heavy (non-hydrogen) atoms. The first-order valence-electron chi connectivity index (χ1n) is 5.24. The highest BCUT2D eigenvalue weighted by atomic mass is 35.5. The Morgan fingerprint density at radius 2 is 2.06 bits per heavy atom. The predicted octanol–water partition coefficient (Wildman–Crippen LogP) is 2.74. The van der Waals surface area contributed by atoms with E-state index in [1.165, 1.54) is 0 Å². The van der Waals surface area contributed by atoms with E-state index >= 15 is 0 Å². The number of hydrogen-bond acceptors (Lipinski definition) is 3. The van der Waals surface area contributed by atoms with Crippen LogP contribution in [0.25, 0.3) is 0 Å². The van der Waals surface area contributed by atoms with Crippen molar-refractivity contribution in [1.29, 1.82) is 5.26 Å². The summed E-state index contributed by atoms with van der Waals surface area (Å²) in [6.45, 7) is 3.09. The molecule has 0 amide bonds. The highest BCUT2D eigenvalue weighted by molar-refractivity contribution is 6.32. The lowest BCUT2D eigenvalue weighted by molar-refractivity contribution is 0.170. The van der Waals surface area contributed by atoms with Gasteiger partial charge in [0.1, 0.15) is 13.2 Å². The number of benzene rings is 1. The van der Waals surface area contributed by atoms with Gasteiger partial charge in [-0.2, -0.15) is 5.26 Å². The van der Waals surface area contributed by atoms with Gasteiger partial charge in [0.05, 0.1) is 17.5 Å². The Morgan fingerprint density at radius 1 is 1.38 bits per heavy atom. The van der Waals surface area contributed by atoms with Crippen LogP contribution >= 0.6 is 11.6 Å². The molecule has 0 aromatic heterocycles. The van der Waals surface area contributed by atoms with Crippen LogP contribution in [0.15, 0.2) is 6.07 Å². The number of halogens is 1. The molecule has 0 saturated heterocycles. The molecule has 0 spiro atoms. The molecule has 0 unspecified atom stereocenters. The Balaban J connectivity index is 2.58. The first-order chi connectivity index (χ1) is 7.77. The molecule has 0 saturated carbocycles. The summed E-state index contributed by atoms with van der Waals surface area (Å²) in [7, 11) is 0. The van der Waals surface area contributed by atoms with Gasteiger partial charge in [0.2, 0.25) is 0 Å². The van der Waals surface area contributed by atoms with Crippen molar-refractivity contribution in [3.63, 3.8) is 0 Å². The zero-order valence-electron chi connectivity index (χ0n) is 9.05. The van der Waals surface area contributed by atoms with E-state index in [1.807, 2.05) is 6.92 Å². The van der Waals surface area contributed by atoms with Crippen LogP contribution in [0.2, 0.25) is 5.02 Å². The lowest BCUT2D eigenvalue weighted by atomic mass is 10.0. The molecule has 1 aliphatic heterocycles. The van der Waals surface area contributed by atoms with Crippen molar-refractivity contribution in [1.82, 2.24) is 0 Å². The van der Waals surface area contributed by atoms with E-state index in [-0.39, 0.29) is 0 Å². The molecule has 0 N–H and O–H groups in total. The van der Waals surface area contributed by atoms with Crippen LogP contribution in [0.5, 0.6) is 11.5 Å². The SMILES string of the molecule is CCc1c(CC#N)cc(Cl)c2c1OCCO2. The number of hydrogen-bond donors (Lipinski definition) is 0. The van der Waals surface area contributed by atoms with Gasteiger partial charge in [0.15, 0.2) is 11.5 Å². The lowest BCUT2D eigenvalue weighted by Gasteiger charge is -2.23. The molecule has 1 aromatic carbocycles. The largest absolute Gasteiger partial charge is 0.486 e. The number of nitrogens with zero attached hydrogens (tertiary/aromatic N) is 1. The Hall–Kier alpha value is -1.40. The van der Waals surface area contributed by atoms with Gasteiger partial charge in [-0.25, -0.2) is 0 Å². The second-order valence-corrected chi connectivity index (χ2v) is 3.95. The molecule has 0 atom stereocenters. The Bertz CT molecular complexity index is 451. The predicted molar refractivity (Wildman–Crippen MR) is 61.1 cm³/mol. The van der Waals surface area contributed by atoms with Gasteiger partial charge in [-0.1, -0.05) is 18.5 Å². The van der Waals surface area contributed by atoms with Crippen molar-refractivity contribution in [3.05, 3.63) is 22.2 Å². The van der Waals surface area contributed by atoms with E-state index in [4.69, 9.17) is 26.3 Å². The molecule has 84 valence electrons. The summed E-state index contributed by atoms with van der Waals surface area (Å²) < 4.78 is 11.1. The minimum atomic E-state index is 0.347. The van der Waals surface area contributed by atoms with Crippen LogP contribution in [0.4, 0.5) is 0 Å². The monoisotopic (exact) mass is 237 g/mol. The van der Waals surface area contributed by atoms with Crippen LogP contribution in [-0.4, -0.2) is 13.2 Å². The zero-order chi connectivity index (χ0) is 11.5. The number of nitriles is 1. The maximum Gasteiger partial charge on any atom is 0.180 e. The summed E-state index contributed by atoms with van der Waals surface area (Å²) in [4.78, 5) is 0. The second-order valence-electron chi connectivity index (χ2n) is 3.54. The molecule has 0 aliphatic carbocycles. The van der Waals surface area contributed by atoms with Crippen molar-refractivity contribution in [2.75, 3.05) is 13.2 Å². The van der Waals surface area contributed by atoms with E-state index in [1.54, 1.807) is 6.07 Å². The highest BCUT2D eigenvalue weighted by Gasteiger charge is 2.21. The van der Waals surface area contributed by atoms with Crippen molar-refractivity contribution >= 4 is 11.6 Å². The van der Waals surface area contributed by atoms with Crippen molar-refractivity contribution in [2.24, 2.45) is 0 Å². The van der Waals surface area contributed by atoms with Crippen LogP contribution in [-0.2, 0) is 12.8 Å². The molecule has 1 heterocycles. The molecule has 4 heteroatoms. The van der Waals surface area contributed by atoms with E-state index in [9.17, 15) is 0 Å². The summed E-state index contributed by atoms with van der Waals surface area (Å²) in [5.74, 6) is 1.33. The van der Waals surface area contributed by atoms with E-state index in [2.05, 4.69) is 6.07 Å². The number of fused-ring (bicyclic) bond motifs is 1. The van der Waals surface area contributed by atoms with Gasteiger partial charge in [0.25, 0.3) is 0 Å². The maximum absolute atomic E-state index is 8.77. The fourth-order valence-corrected chi connectivity index (χ4v) is 2.17. The maximum atomic E-state index is 8.77. The normalized spacial score (nSPS) is 13.3. The Kier molecular flexibility index (Phi) is 3.21. The van der Waals surface area contributed by atoms with Gasteiger partial charge >= 0.3 is 0 Å². The first-order valence-corrected chi connectivity index (χ1v) is 5.62. The summed E-state index contributed by atoms with van der Waals surface area (Å²) >= 11 is 6.10. The summed E-state index contributed by atoms with van der Waals surface area (Å²) in [5.41, 5.74) is 1.96. The molecule has 0 fully saturated rings. The minimum absolute atomic E-state index is 0.347. The van der Waals surface area contributed by atoms with Crippen molar-refractivity contribution < 1.29 is 9.47 Å². The third-order valence-electron chi connectivity index (χ3n) is 2.58. The average Bonchev–Trinajstić information content (AvgIpc) is 2.30. The van der Waals surface area contributed by atoms with E-state index in [0.29, 0.717) is 36.2 Å². The van der Waals surface area contributed by atoms with Crippen molar-refractivity contribution in [3.8, 4) is 17.6 Å². The molecule has 0 radical (unpaired) electrons. The van der Waals surface area contributed by atoms with Crippen LogP contribution < -0.4 is 9.47 Å². The average molecular weight is 238 g/mol. The lowest BCUT2D eigenvalue weighted by Crippen LogP contribution is -2.17. The van der Waals surface area contributed by atoms with Crippen molar-refractivity contribution in [2.45, 2.75) is 19.8 Å². The van der Waals surface area contributed by atoms with Gasteiger partial charge in [0, 0.05) is 5.56 Å². The molecular weight excluding hydrogens is 226 g/mol. The topological polar surface area (TPSA) is 42.2 Å². The van der Waals surface area contributed by atoms with E-state index < -0.39 is 0 Å². The molecule has 0 bridgehead atoms. The third-order valence-corrected chi connectivity index (χ3v) is 2.87. The molecule has 2 rings (SSSR count). The quantitative estimate of drug-likeness (QED) is 0.794. The molecular formula is C12H12ClNO2. The first kappa shape index (κ1) is 11.1. The Labute approximate surface area is 99.5 Å². The van der Waals surface area contributed by atoms with E-state index in [0.717, 1.165) is 17.5 Å². The summed E-state index contributed by atoms with van der Waals surface area (Å²) in [6.07, 6.45) is 1.15.